The standard InChI is InChI=1S/C36H44N4O6S/c1-21-16-23-18-25(19-24(23)17-21)46-28(26-10-6-7-11-27(26)44-5)20-39-33-29(22(2)30(47-33)31-37-12-15-45-31)32(41)40(35(39)43)36(3,4)34(42)38-13-8-9-14-38/h6-7,10-12,15,21,23-25,28H,8-9,13-14,16-20H2,1-5H3/t21?,23-,24+,25?,28?. The normalized spacial score (nSPS) is 23.5. The molecule has 4 heterocycles. The minimum atomic E-state index is -1.41. The third kappa shape index (κ3) is 5.55. The molecule has 3 aromatic heterocycles. The molecule has 1 saturated heterocycles. The Hall–Kier alpha value is -3.70. The molecule has 3 aliphatic rings. The first-order chi connectivity index (χ1) is 22.6. The van der Waals surface area contributed by atoms with Crippen LogP contribution in [0.5, 0.6) is 5.75 Å². The minimum Gasteiger partial charge on any atom is -0.496 e. The van der Waals surface area contributed by atoms with Crippen molar-refractivity contribution in [1.29, 1.82) is 0 Å². The lowest BCUT2D eigenvalue weighted by Gasteiger charge is -2.31. The fourth-order valence-electron chi connectivity index (χ4n) is 8.46. The van der Waals surface area contributed by atoms with Gasteiger partial charge in [-0.15, -0.1) is 11.3 Å². The molecule has 3 unspecified atom stereocenters. The molecule has 0 bridgehead atoms. The van der Waals surface area contributed by atoms with Gasteiger partial charge in [0.25, 0.3) is 5.56 Å². The van der Waals surface area contributed by atoms with Crippen LogP contribution in [0.25, 0.3) is 21.0 Å². The lowest BCUT2D eigenvalue weighted by Crippen LogP contribution is -2.56. The lowest BCUT2D eigenvalue weighted by atomic mass is 10.0. The van der Waals surface area contributed by atoms with Crippen LogP contribution in [0.4, 0.5) is 0 Å². The van der Waals surface area contributed by atoms with E-state index in [9.17, 15) is 14.4 Å². The van der Waals surface area contributed by atoms with Gasteiger partial charge in [0.05, 0.1) is 36.2 Å². The summed E-state index contributed by atoms with van der Waals surface area (Å²) in [7, 11) is 1.64. The van der Waals surface area contributed by atoms with E-state index in [4.69, 9.17) is 13.9 Å². The summed E-state index contributed by atoms with van der Waals surface area (Å²) < 4.78 is 21.2. The SMILES string of the molecule is COc1ccccc1C(Cn1c(=O)n(C(C)(C)C(=O)N2CCCC2)c(=O)c2c(C)c(-c3ncco3)sc21)OC1C[C@H]2CC(C)C[C@H]2C1. The summed E-state index contributed by atoms with van der Waals surface area (Å²) in [6, 6.07) is 7.76. The minimum absolute atomic E-state index is 0.0469. The van der Waals surface area contributed by atoms with Gasteiger partial charge in [0.1, 0.15) is 28.5 Å². The Kier molecular flexibility index (Phi) is 8.41. The molecule has 7 rings (SSSR count). The van der Waals surface area contributed by atoms with Gasteiger partial charge >= 0.3 is 5.69 Å². The molecular weight excluding hydrogens is 616 g/mol. The highest BCUT2D eigenvalue weighted by molar-refractivity contribution is 7.22. The number of hydrogen-bond donors (Lipinski definition) is 0. The summed E-state index contributed by atoms with van der Waals surface area (Å²) in [5.41, 5.74) is -0.936. The Labute approximate surface area is 278 Å². The van der Waals surface area contributed by atoms with E-state index in [-0.39, 0.29) is 18.6 Å². The summed E-state index contributed by atoms with van der Waals surface area (Å²) in [6.07, 6.45) is 8.82. The number of thiophene rings is 1. The molecule has 4 aromatic rings. The van der Waals surface area contributed by atoms with Crippen LogP contribution < -0.4 is 16.0 Å². The average Bonchev–Trinajstić information content (AvgIpc) is 3.88. The maximum Gasteiger partial charge on any atom is 0.333 e. The van der Waals surface area contributed by atoms with Crippen molar-refractivity contribution >= 4 is 27.5 Å². The third-order valence-corrected chi connectivity index (χ3v) is 12.0. The van der Waals surface area contributed by atoms with Crippen molar-refractivity contribution in [3.63, 3.8) is 0 Å². The largest absolute Gasteiger partial charge is 0.496 e. The highest BCUT2D eigenvalue weighted by Crippen LogP contribution is 2.49. The molecule has 0 spiro atoms. The van der Waals surface area contributed by atoms with E-state index in [1.807, 2.05) is 31.2 Å². The first-order valence-electron chi connectivity index (χ1n) is 16.9. The number of hydrogen-bond acceptors (Lipinski definition) is 8. The van der Waals surface area contributed by atoms with Gasteiger partial charge in [-0.05, 0) is 88.7 Å². The average molecular weight is 661 g/mol. The number of amides is 1. The first kappa shape index (κ1) is 31.9. The Morgan fingerprint density at radius 3 is 2.47 bits per heavy atom. The number of likely N-dealkylation sites (tertiary alicyclic amines) is 1. The monoisotopic (exact) mass is 660 g/mol. The number of carbonyl (C=O) groups is 1. The van der Waals surface area contributed by atoms with E-state index >= 15 is 0 Å². The van der Waals surface area contributed by atoms with Crippen molar-refractivity contribution in [2.24, 2.45) is 17.8 Å². The number of fused-ring (bicyclic) bond motifs is 2. The van der Waals surface area contributed by atoms with Crippen LogP contribution in [-0.2, 0) is 21.6 Å². The van der Waals surface area contributed by atoms with Gasteiger partial charge in [-0.2, -0.15) is 0 Å². The van der Waals surface area contributed by atoms with E-state index in [1.165, 1.54) is 30.4 Å². The number of carbonyl (C=O) groups excluding carboxylic acids is 1. The molecular formula is C36H44N4O6S. The second-order valence-corrected chi connectivity index (χ2v) is 15.2. The molecule has 5 atom stereocenters. The van der Waals surface area contributed by atoms with Crippen LogP contribution in [0.15, 0.2) is 50.7 Å². The van der Waals surface area contributed by atoms with Crippen molar-refractivity contribution in [3.05, 3.63) is 68.7 Å². The van der Waals surface area contributed by atoms with E-state index in [1.54, 1.807) is 36.6 Å². The van der Waals surface area contributed by atoms with E-state index in [0.29, 0.717) is 57.2 Å². The van der Waals surface area contributed by atoms with Crippen molar-refractivity contribution in [3.8, 4) is 16.5 Å². The second-order valence-electron chi connectivity index (χ2n) is 14.2. The van der Waals surface area contributed by atoms with E-state index in [0.717, 1.165) is 41.7 Å². The molecule has 1 aromatic carbocycles. The number of nitrogens with zero attached hydrogens (tertiary/aromatic N) is 4. The lowest BCUT2D eigenvalue weighted by molar-refractivity contribution is -0.138. The Morgan fingerprint density at radius 2 is 1.81 bits per heavy atom. The maximum atomic E-state index is 14.8. The highest BCUT2D eigenvalue weighted by Gasteiger charge is 2.43. The molecule has 0 N–H and O–H groups in total. The molecule has 0 radical (unpaired) electrons. The molecule has 1 aliphatic heterocycles. The van der Waals surface area contributed by atoms with Crippen LogP contribution in [0.1, 0.15) is 76.5 Å². The second kappa shape index (κ2) is 12.4. The van der Waals surface area contributed by atoms with Crippen molar-refractivity contribution in [2.45, 2.75) is 90.5 Å². The Morgan fingerprint density at radius 1 is 1.11 bits per heavy atom. The Bertz CT molecular complexity index is 1890. The smallest absolute Gasteiger partial charge is 0.333 e. The molecule has 1 amide bonds. The van der Waals surface area contributed by atoms with Gasteiger partial charge in [-0.25, -0.2) is 14.3 Å². The van der Waals surface area contributed by atoms with Gasteiger partial charge in [0, 0.05) is 18.7 Å². The Balaban J connectivity index is 1.39. The van der Waals surface area contributed by atoms with Gasteiger partial charge in [0.2, 0.25) is 11.8 Å². The summed E-state index contributed by atoms with van der Waals surface area (Å²) in [5, 5.41) is 0.383. The van der Waals surface area contributed by atoms with Crippen molar-refractivity contribution in [2.75, 3.05) is 20.2 Å². The molecule has 250 valence electrons. The number of para-hydroxylation sites is 1. The van der Waals surface area contributed by atoms with E-state index in [2.05, 4.69) is 11.9 Å². The zero-order valence-electron chi connectivity index (χ0n) is 27.9. The zero-order valence-corrected chi connectivity index (χ0v) is 28.7. The van der Waals surface area contributed by atoms with Crippen LogP contribution in [-0.4, -0.2) is 51.2 Å². The number of aryl methyl sites for hydroxylation is 1. The van der Waals surface area contributed by atoms with Gasteiger partial charge in [-0.1, -0.05) is 25.1 Å². The number of oxazole rings is 1. The number of aromatic nitrogens is 3. The predicted molar refractivity (Wildman–Crippen MR) is 181 cm³/mol. The summed E-state index contributed by atoms with van der Waals surface area (Å²) >= 11 is 1.30. The fraction of sp³-hybridized carbons (Fsp3) is 0.556. The molecule has 2 aliphatic carbocycles. The number of methoxy groups -OCH3 is 1. The molecule has 3 fully saturated rings. The number of benzene rings is 1. The van der Waals surface area contributed by atoms with Gasteiger partial charge in [0.15, 0.2) is 0 Å². The fourth-order valence-corrected chi connectivity index (χ4v) is 9.70. The number of ether oxygens (including phenoxy) is 2. The van der Waals surface area contributed by atoms with Crippen LogP contribution >= 0.6 is 11.3 Å². The van der Waals surface area contributed by atoms with Gasteiger partial charge < -0.3 is 18.8 Å². The summed E-state index contributed by atoms with van der Waals surface area (Å²) in [4.78, 5) is 50.4. The van der Waals surface area contributed by atoms with E-state index < -0.39 is 22.9 Å². The molecule has 2 saturated carbocycles. The van der Waals surface area contributed by atoms with Crippen molar-refractivity contribution in [1.82, 2.24) is 19.0 Å². The van der Waals surface area contributed by atoms with Gasteiger partial charge in [-0.3, -0.25) is 14.2 Å². The topological polar surface area (TPSA) is 109 Å². The van der Waals surface area contributed by atoms with Crippen LogP contribution in [0.3, 0.4) is 0 Å². The zero-order chi connectivity index (χ0) is 33.0. The summed E-state index contributed by atoms with van der Waals surface area (Å²) in [6.45, 7) is 8.91. The summed E-state index contributed by atoms with van der Waals surface area (Å²) in [5.74, 6) is 2.89. The number of rotatable bonds is 9. The molecule has 11 heteroatoms. The van der Waals surface area contributed by atoms with Crippen LogP contribution in [0.2, 0.25) is 0 Å². The third-order valence-electron chi connectivity index (χ3n) is 10.7. The molecule has 47 heavy (non-hydrogen) atoms. The quantitative estimate of drug-likeness (QED) is 0.212. The maximum absolute atomic E-state index is 14.8. The van der Waals surface area contributed by atoms with Crippen molar-refractivity contribution < 1.29 is 18.7 Å². The highest BCUT2D eigenvalue weighted by atomic mass is 32.1. The molecule has 10 nitrogen and oxygen atoms in total. The van der Waals surface area contributed by atoms with Crippen LogP contribution in [0, 0.1) is 24.7 Å². The first-order valence-corrected chi connectivity index (χ1v) is 17.7. The predicted octanol–water partition coefficient (Wildman–Crippen LogP) is 6.14.